The first-order valence-corrected chi connectivity index (χ1v) is 6.24. The highest BCUT2D eigenvalue weighted by Gasteiger charge is 2.25. The highest BCUT2D eigenvalue weighted by Crippen LogP contribution is 2.33. The molecule has 0 aromatic carbocycles. The van der Waals surface area contributed by atoms with Crippen LogP contribution in [0.2, 0.25) is 0 Å². The van der Waals surface area contributed by atoms with Crippen LogP contribution in [0.4, 0.5) is 0 Å². The van der Waals surface area contributed by atoms with Crippen molar-refractivity contribution in [3.63, 3.8) is 0 Å². The van der Waals surface area contributed by atoms with Gasteiger partial charge in [-0.1, -0.05) is 31.8 Å². The molecular formula is C12H20N2O2. The van der Waals surface area contributed by atoms with E-state index in [1.165, 1.54) is 25.7 Å². The van der Waals surface area contributed by atoms with Crippen LogP contribution in [0.25, 0.3) is 0 Å². The van der Waals surface area contributed by atoms with E-state index in [-0.39, 0.29) is 5.92 Å². The summed E-state index contributed by atoms with van der Waals surface area (Å²) in [6.45, 7) is 3.88. The Balaban J connectivity index is 2.06. The van der Waals surface area contributed by atoms with Crippen LogP contribution in [0, 0.1) is 0 Å². The standard InChI is InChI=1S/C12H20N2O2/c1-3-10(15)8(2)12-13-11(14-16-12)9-6-4-5-7-9/h8-10,15H,3-7H2,1-2H3. The Morgan fingerprint density at radius 1 is 1.44 bits per heavy atom. The quantitative estimate of drug-likeness (QED) is 0.854. The topological polar surface area (TPSA) is 59.2 Å². The third kappa shape index (κ3) is 2.26. The second kappa shape index (κ2) is 4.95. The smallest absolute Gasteiger partial charge is 0.232 e. The molecule has 0 saturated heterocycles. The van der Waals surface area contributed by atoms with Crippen molar-refractivity contribution in [1.29, 1.82) is 0 Å². The van der Waals surface area contributed by atoms with Gasteiger partial charge < -0.3 is 9.63 Å². The predicted molar refractivity (Wildman–Crippen MR) is 60.2 cm³/mol. The zero-order valence-corrected chi connectivity index (χ0v) is 10.0. The summed E-state index contributed by atoms with van der Waals surface area (Å²) >= 11 is 0. The number of aromatic nitrogens is 2. The number of hydrogen-bond donors (Lipinski definition) is 1. The van der Waals surface area contributed by atoms with Gasteiger partial charge >= 0.3 is 0 Å². The molecule has 2 unspecified atom stereocenters. The minimum Gasteiger partial charge on any atom is -0.392 e. The third-order valence-electron chi connectivity index (χ3n) is 3.56. The molecule has 1 heterocycles. The third-order valence-corrected chi connectivity index (χ3v) is 3.56. The van der Waals surface area contributed by atoms with Gasteiger partial charge in [0.15, 0.2) is 5.82 Å². The fraction of sp³-hybridized carbons (Fsp3) is 0.833. The van der Waals surface area contributed by atoms with Gasteiger partial charge in [0.25, 0.3) is 0 Å². The van der Waals surface area contributed by atoms with Gasteiger partial charge in [0, 0.05) is 5.92 Å². The highest BCUT2D eigenvalue weighted by molar-refractivity contribution is 5.01. The van der Waals surface area contributed by atoms with Crippen LogP contribution in [0.15, 0.2) is 4.52 Å². The lowest BCUT2D eigenvalue weighted by atomic mass is 10.0. The highest BCUT2D eigenvalue weighted by atomic mass is 16.5. The van der Waals surface area contributed by atoms with Crippen LogP contribution in [0.1, 0.15) is 69.5 Å². The van der Waals surface area contributed by atoms with E-state index in [2.05, 4.69) is 10.1 Å². The van der Waals surface area contributed by atoms with Gasteiger partial charge in [-0.25, -0.2) is 0 Å². The molecule has 0 radical (unpaired) electrons. The lowest BCUT2D eigenvalue weighted by molar-refractivity contribution is 0.129. The molecule has 1 N–H and O–H groups in total. The van der Waals surface area contributed by atoms with Gasteiger partial charge in [-0.3, -0.25) is 0 Å². The Bertz CT molecular complexity index is 332. The summed E-state index contributed by atoms with van der Waals surface area (Å²) in [5.74, 6) is 1.83. The van der Waals surface area contributed by atoms with Crippen molar-refractivity contribution >= 4 is 0 Å². The van der Waals surface area contributed by atoms with E-state index in [9.17, 15) is 5.11 Å². The summed E-state index contributed by atoms with van der Waals surface area (Å²) in [6.07, 6.45) is 5.19. The minimum atomic E-state index is -0.392. The molecule has 0 spiro atoms. The summed E-state index contributed by atoms with van der Waals surface area (Å²) in [4.78, 5) is 4.42. The fourth-order valence-electron chi connectivity index (χ4n) is 2.30. The molecule has 1 aliphatic rings. The molecule has 0 bridgehead atoms. The number of rotatable bonds is 4. The Kier molecular flexibility index (Phi) is 3.59. The largest absolute Gasteiger partial charge is 0.392 e. The zero-order chi connectivity index (χ0) is 11.5. The number of aliphatic hydroxyl groups is 1. The van der Waals surface area contributed by atoms with Crippen LogP contribution < -0.4 is 0 Å². The van der Waals surface area contributed by atoms with Crippen LogP contribution >= 0.6 is 0 Å². The van der Waals surface area contributed by atoms with Crippen LogP contribution in [0.5, 0.6) is 0 Å². The zero-order valence-electron chi connectivity index (χ0n) is 10.0. The van der Waals surface area contributed by atoms with Gasteiger partial charge in [0.1, 0.15) is 0 Å². The predicted octanol–water partition coefficient (Wildman–Crippen LogP) is 2.60. The van der Waals surface area contributed by atoms with E-state index in [4.69, 9.17) is 4.52 Å². The maximum Gasteiger partial charge on any atom is 0.232 e. The molecule has 2 rings (SSSR count). The average Bonchev–Trinajstić information content (AvgIpc) is 2.96. The van der Waals surface area contributed by atoms with Crippen molar-refractivity contribution in [3.8, 4) is 0 Å². The molecule has 0 amide bonds. The van der Waals surface area contributed by atoms with Gasteiger partial charge in [-0.05, 0) is 19.3 Å². The second-order valence-corrected chi connectivity index (χ2v) is 4.74. The Morgan fingerprint density at radius 3 is 2.75 bits per heavy atom. The van der Waals surface area contributed by atoms with Crippen molar-refractivity contribution in [2.45, 2.75) is 63.9 Å². The number of aliphatic hydroxyl groups excluding tert-OH is 1. The van der Waals surface area contributed by atoms with E-state index in [1.807, 2.05) is 13.8 Å². The van der Waals surface area contributed by atoms with Crippen LogP contribution in [-0.4, -0.2) is 21.4 Å². The SMILES string of the molecule is CCC(O)C(C)c1nc(C2CCCC2)no1. The first kappa shape index (κ1) is 11.6. The normalized spacial score (nSPS) is 21.2. The minimum absolute atomic E-state index is 0.0624. The molecule has 4 heteroatoms. The van der Waals surface area contributed by atoms with Crippen molar-refractivity contribution in [2.24, 2.45) is 0 Å². The number of nitrogens with zero attached hydrogens (tertiary/aromatic N) is 2. The second-order valence-electron chi connectivity index (χ2n) is 4.74. The Hall–Kier alpha value is -0.900. The molecule has 4 nitrogen and oxygen atoms in total. The first-order valence-electron chi connectivity index (χ1n) is 6.24. The van der Waals surface area contributed by atoms with E-state index in [1.54, 1.807) is 0 Å². The molecule has 2 atom stereocenters. The van der Waals surface area contributed by atoms with E-state index >= 15 is 0 Å². The van der Waals surface area contributed by atoms with E-state index < -0.39 is 6.10 Å². The van der Waals surface area contributed by atoms with Gasteiger partial charge in [-0.2, -0.15) is 4.98 Å². The van der Waals surface area contributed by atoms with Gasteiger partial charge in [-0.15, -0.1) is 0 Å². The van der Waals surface area contributed by atoms with E-state index in [0.717, 1.165) is 5.82 Å². The molecule has 90 valence electrons. The van der Waals surface area contributed by atoms with Gasteiger partial charge in [0.2, 0.25) is 5.89 Å². The summed E-state index contributed by atoms with van der Waals surface area (Å²) in [5, 5.41) is 13.8. The summed E-state index contributed by atoms with van der Waals surface area (Å²) in [7, 11) is 0. The van der Waals surface area contributed by atoms with E-state index in [0.29, 0.717) is 18.2 Å². The van der Waals surface area contributed by atoms with Gasteiger partial charge in [0.05, 0.1) is 12.0 Å². The summed E-state index contributed by atoms with van der Waals surface area (Å²) in [6, 6.07) is 0. The summed E-state index contributed by atoms with van der Waals surface area (Å²) < 4.78 is 5.24. The first-order chi connectivity index (χ1) is 7.72. The Labute approximate surface area is 96.1 Å². The Morgan fingerprint density at radius 2 is 2.12 bits per heavy atom. The lowest BCUT2D eigenvalue weighted by Crippen LogP contribution is -2.14. The molecule has 1 aliphatic carbocycles. The van der Waals surface area contributed by atoms with Crippen molar-refractivity contribution < 1.29 is 9.63 Å². The summed E-state index contributed by atoms with van der Waals surface area (Å²) in [5.41, 5.74) is 0. The van der Waals surface area contributed by atoms with Crippen LogP contribution in [-0.2, 0) is 0 Å². The lowest BCUT2D eigenvalue weighted by Gasteiger charge is -2.12. The molecule has 1 fully saturated rings. The van der Waals surface area contributed by atoms with Crippen molar-refractivity contribution in [2.75, 3.05) is 0 Å². The molecule has 1 aromatic heterocycles. The molecule has 16 heavy (non-hydrogen) atoms. The average molecular weight is 224 g/mol. The maximum absolute atomic E-state index is 9.73. The molecule has 1 saturated carbocycles. The molecular weight excluding hydrogens is 204 g/mol. The molecule has 1 aromatic rings. The maximum atomic E-state index is 9.73. The number of hydrogen-bond acceptors (Lipinski definition) is 4. The van der Waals surface area contributed by atoms with Crippen molar-refractivity contribution in [1.82, 2.24) is 10.1 Å². The molecule has 0 aliphatic heterocycles. The fourth-order valence-corrected chi connectivity index (χ4v) is 2.30. The van der Waals surface area contributed by atoms with Crippen molar-refractivity contribution in [3.05, 3.63) is 11.7 Å². The monoisotopic (exact) mass is 224 g/mol. The van der Waals surface area contributed by atoms with Crippen LogP contribution in [0.3, 0.4) is 0 Å².